The van der Waals surface area contributed by atoms with Gasteiger partial charge in [-0.3, -0.25) is 14.7 Å². The molecule has 0 aliphatic rings. The topological polar surface area (TPSA) is 116 Å². The van der Waals surface area contributed by atoms with Crippen LogP contribution in [-0.2, 0) is 6.54 Å². The molecule has 0 aromatic carbocycles. The van der Waals surface area contributed by atoms with Crippen LogP contribution in [0.2, 0.25) is 0 Å². The van der Waals surface area contributed by atoms with Crippen LogP contribution in [0, 0.1) is 10.1 Å². The van der Waals surface area contributed by atoms with Gasteiger partial charge in [0.25, 0.3) is 0 Å². The monoisotopic (exact) mass is 282 g/mol. The van der Waals surface area contributed by atoms with Crippen molar-refractivity contribution in [1.29, 1.82) is 0 Å². The summed E-state index contributed by atoms with van der Waals surface area (Å²) in [4.78, 5) is 25.1. The van der Waals surface area contributed by atoms with Gasteiger partial charge >= 0.3 is 11.4 Å². The normalized spacial score (nSPS) is 10.4. The van der Waals surface area contributed by atoms with Gasteiger partial charge in [-0.15, -0.1) is 5.10 Å². The molecule has 0 aliphatic heterocycles. The summed E-state index contributed by atoms with van der Waals surface area (Å²) in [7, 11) is 0. The van der Waals surface area contributed by atoms with E-state index in [4.69, 9.17) is 0 Å². The Labute approximate surface area is 111 Å². The van der Waals surface area contributed by atoms with Crippen molar-refractivity contribution in [3.63, 3.8) is 0 Å². The molecular formula is C9H10N6O3S. The lowest BCUT2D eigenvalue weighted by molar-refractivity contribution is -0.385. The van der Waals surface area contributed by atoms with Gasteiger partial charge in [-0.25, -0.2) is 4.79 Å². The molecule has 0 bridgehead atoms. The minimum absolute atomic E-state index is 0.0896. The minimum atomic E-state index is -0.604. The molecule has 100 valence electrons. The summed E-state index contributed by atoms with van der Waals surface area (Å²) < 4.78 is 4.92. The SMILES string of the molecule is CCNc1snnc1Cn1cc([N+](=O)[O-])cnc1=O. The van der Waals surface area contributed by atoms with Crippen LogP contribution >= 0.6 is 11.5 Å². The van der Waals surface area contributed by atoms with E-state index in [0.29, 0.717) is 12.2 Å². The summed E-state index contributed by atoms with van der Waals surface area (Å²) in [5.41, 5.74) is -0.259. The number of rotatable bonds is 5. The number of nitro groups is 1. The Morgan fingerprint density at radius 3 is 3.05 bits per heavy atom. The molecule has 0 amide bonds. The quantitative estimate of drug-likeness (QED) is 0.626. The number of aromatic nitrogens is 4. The molecule has 0 radical (unpaired) electrons. The molecule has 1 N–H and O–H groups in total. The fourth-order valence-electron chi connectivity index (χ4n) is 1.42. The Morgan fingerprint density at radius 1 is 1.58 bits per heavy atom. The first kappa shape index (κ1) is 13.1. The van der Waals surface area contributed by atoms with E-state index in [1.54, 1.807) is 0 Å². The van der Waals surface area contributed by atoms with E-state index < -0.39 is 10.6 Å². The zero-order chi connectivity index (χ0) is 13.8. The molecule has 0 unspecified atom stereocenters. The van der Waals surface area contributed by atoms with E-state index in [9.17, 15) is 14.9 Å². The van der Waals surface area contributed by atoms with Gasteiger partial charge in [0.2, 0.25) is 0 Å². The molecule has 2 heterocycles. The van der Waals surface area contributed by atoms with E-state index in [0.717, 1.165) is 22.0 Å². The fraction of sp³-hybridized carbons (Fsp3) is 0.333. The van der Waals surface area contributed by atoms with Crippen molar-refractivity contribution < 1.29 is 4.92 Å². The highest BCUT2D eigenvalue weighted by Crippen LogP contribution is 2.18. The largest absolute Gasteiger partial charge is 0.374 e. The van der Waals surface area contributed by atoms with Crippen molar-refractivity contribution in [1.82, 2.24) is 19.1 Å². The second kappa shape index (κ2) is 5.52. The average molecular weight is 282 g/mol. The van der Waals surface area contributed by atoms with Gasteiger partial charge in [0, 0.05) is 18.1 Å². The van der Waals surface area contributed by atoms with Crippen LogP contribution in [0.3, 0.4) is 0 Å². The number of nitrogens with zero attached hydrogens (tertiary/aromatic N) is 5. The standard InChI is InChI=1S/C9H10N6O3S/c1-2-10-8-7(12-13-19-8)5-14-4-6(15(17)18)3-11-9(14)16/h3-4,10H,2,5H2,1H3. The van der Waals surface area contributed by atoms with Crippen LogP contribution in [0.5, 0.6) is 0 Å². The number of hydrogen-bond acceptors (Lipinski definition) is 8. The van der Waals surface area contributed by atoms with Gasteiger partial charge in [0.05, 0.1) is 17.7 Å². The molecule has 19 heavy (non-hydrogen) atoms. The molecule has 10 heteroatoms. The minimum Gasteiger partial charge on any atom is -0.374 e. The number of anilines is 1. The first-order chi connectivity index (χ1) is 9.11. The van der Waals surface area contributed by atoms with Gasteiger partial charge in [0.15, 0.2) is 0 Å². The molecule has 0 atom stereocenters. The second-order valence-electron chi connectivity index (χ2n) is 3.56. The van der Waals surface area contributed by atoms with E-state index in [-0.39, 0.29) is 12.2 Å². The van der Waals surface area contributed by atoms with Crippen molar-refractivity contribution in [3.05, 3.63) is 38.7 Å². The maximum absolute atomic E-state index is 11.6. The Bertz CT molecular complexity index is 651. The van der Waals surface area contributed by atoms with E-state index in [1.807, 2.05) is 6.92 Å². The van der Waals surface area contributed by atoms with Gasteiger partial charge < -0.3 is 5.32 Å². The molecule has 0 saturated carbocycles. The molecule has 2 rings (SSSR count). The predicted octanol–water partition coefficient (Wildman–Crippen LogP) is 0.483. The highest BCUT2D eigenvalue weighted by atomic mass is 32.1. The van der Waals surface area contributed by atoms with E-state index in [2.05, 4.69) is 19.9 Å². The third-order valence-electron chi connectivity index (χ3n) is 2.27. The summed E-state index contributed by atoms with van der Waals surface area (Å²) >= 11 is 1.17. The van der Waals surface area contributed by atoms with Crippen molar-refractivity contribution in [2.24, 2.45) is 0 Å². The van der Waals surface area contributed by atoms with E-state index in [1.165, 1.54) is 11.5 Å². The fourth-order valence-corrected chi connectivity index (χ4v) is 2.06. The lowest BCUT2D eigenvalue weighted by atomic mass is 10.4. The molecule has 0 aliphatic carbocycles. The highest BCUT2D eigenvalue weighted by Gasteiger charge is 2.13. The van der Waals surface area contributed by atoms with Crippen LogP contribution < -0.4 is 11.0 Å². The zero-order valence-electron chi connectivity index (χ0n) is 9.94. The molecule has 2 aromatic rings. The Hall–Kier alpha value is -2.36. The van der Waals surface area contributed by atoms with Gasteiger partial charge in [-0.2, -0.15) is 4.98 Å². The number of hydrogen-bond donors (Lipinski definition) is 1. The molecule has 9 nitrogen and oxygen atoms in total. The molecule has 0 spiro atoms. The molecule has 0 saturated heterocycles. The highest BCUT2D eigenvalue weighted by molar-refractivity contribution is 7.10. The molecule has 0 fully saturated rings. The lowest BCUT2D eigenvalue weighted by Crippen LogP contribution is -2.23. The Morgan fingerprint density at radius 2 is 2.37 bits per heavy atom. The maximum atomic E-state index is 11.6. The van der Waals surface area contributed by atoms with Crippen molar-refractivity contribution in [2.45, 2.75) is 13.5 Å². The smallest absolute Gasteiger partial charge is 0.348 e. The Balaban J connectivity index is 2.32. The zero-order valence-corrected chi connectivity index (χ0v) is 10.8. The summed E-state index contributed by atoms with van der Waals surface area (Å²) in [6.45, 7) is 2.70. The van der Waals surface area contributed by atoms with Crippen molar-refractivity contribution >= 4 is 22.2 Å². The first-order valence-corrected chi connectivity index (χ1v) is 6.15. The van der Waals surface area contributed by atoms with Crippen LogP contribution in [0.25, 0.3) is 0 Å². The predicted molar refractivity (Wildman–Crippen MR) is 68.3 cm³/mol. The van der Waals surface area contributed by atoms with Gasteiger partial charge in [-0.1, -0.05) is 4.49 Å². The molecular weight excluding hydrogens is 272 g/mol. The van der Waals surface area contributed by atoms with Crippen LogP contribution in [0.4, 0.5) is 10.7 Å². The lowest BCUT2D eigenvalue weighted by Gasteiger charge is -2.04. The third-order valence-corrected chi connectivity index (χ3v) is 2.99. The summed E-state index contributed by atoms with van der Waals surface area (Å²) in [5, 5.41) is 18.3. The summed E-state index contributed by atoms with van der Waals surface area (Å²) in [6, 6.07) is 0. The average Bonchev–Trinajstić information content (AvgIpc) is 2.80. The van der Waals surface area contributed by atoms with Crippen molar-refractivity contribution in [2.75, 3.05) is 11.9 Å². The summed E-state index contributed by atoms with van der Waals surface area (Å²) in [5.74, 6) is 0. The third kappa shape index (κ3) is 2.91. The van der Waals surface area contributed by atoms with Crippen LogP contribution in [-0.4, -0.2) is 30.6 Å². The van der Waals surface area contributed by atoms with Crippen LogP contribution in [0.15, 0.2) is 17.2 Å². The Kier molecular flexibility index (Phi) is 3.80. The van der Waals surface area contributed by atoms with Crippen molar-refractivity contribution in [3.8, 4) is 0 Å². The molecule has 2 aromatic heterocycles. The van der Waals surface area contributed by atoms with E-state index >= 15 is 0 Å². The maximum Gasteiger partial charge on any atom is 0.348 e. The first-order valence-electron chi connectivity index (χ1n) is 5.37. The van der Waals surface area contributed by atoms with Gasteiger partial charge in [-0.05, 0) is 6.92 Å². The number of nitrogens with one attached hydrogen (secondary N) is 1. The summed E-state index contributed by atoms with van der Waals surface area (Å²) in [6.07, 6.45) is 2.08. The van der Waals surface area contributed by atoms with Gasteiger partial charge in [0.1, 0.15) is 16.9 Å². The second-order valence-corrected chi connectivity index (χ2v) is 4.31. The van der Waals surface area contributed by atoms with Crippen LogP contribution in [0.1, 0.15) is 12.6 Å².